The molecule has 2 amide bonds. The SMILES string of the molecule is CNC(=O)c1ccc(C(c2ccc(C(=O)O)c(C(=O)Nc3ccc(/C=C/C(=O)Oc4ccc(C)cc4)cc3)c2)(C(F)(F)F)C(F)(F)F)cc1C(=O)O. The van der Waals surface area contributed by atoms with Gasteiger partial charge in [-0.3, -0.25) is 9.59 Å². The van der Waals surface area contributed by atoms with Crippen molar-refractivity contribution in [1.29, 1.82) is 0 Å². The van der Waals surface area contributed by atoms with Crippen molar-refractivity contribution in [2.45, 2.75) is 24.7 Å². The van der Waals surface area contributed by atoms with Crippen molar-refractivity contribution in [3.8, 4) is 5.75 Å². The Morgan fingerprint density at radius 3 is 1.67 bits per heavy atom. The molecule has 0 radical (unpaired) electrons. The molecule has 0 spiro atoms. The van der Waals surface area contributed by atoms with Gasteiger partial charge in [-0.15, -0.1) is 0 Å². The first-order chi connectivity index (χ1) is 24.3. The first kappa shape index (κ1) is 38.4. The molecule has 0 saturated carbocycles. The minimum Gasteiger partial charge on any atom is -0.478 e. The molecule has 0 unspecified atom stereocenters. The van der Waals surface area contributed by atoms with Crippen LogP contribution in [0.5, 0.6) is 5.75 Å². The van der Waals surface area contributed by atoms with Crippen LogP contribution in [0.25, 0.3) is 6.08 Å². The van der Waals surface area contributed by atoms with Crippen LogP contribution in [0.1, 0.15) is 63.7 Å². The summed E-state index contributed by atoms with van der Waals surface area (Å²) in [4.78, 5) is 61.5. The summed E-state index contributed by atoms with van der Waals surface area (Å²) < 4.78 is 94.7. The number of alkyl halides is 6. The van der Waals surface area contributed by atoms with E-state index in [-0.39, 0.29) is 30.0 Å². The van der Waals surface area contributed by atoms with E-state index in [1.807, 2.05) is 12.2 Å². The Bertz CT molecular complexity index is 2060. The maximum absolute atomic E-state index is 14.9. The average molecular weight is 729 g/mol. The van der Waals surface area contributed by atoms with E-state index in [2.05, 4.69) is 5.32 Å². The first-order valence-electron chi connectivity index (χ1n) is 14.8. The number of halogens is 6. The fraction of sp³-hybridized carbons (Fsp3) is 0.139. The lowest BCUT2D eigenvalue weighted by molar-refractivity contribution is -0.288. The minimum absolute atomic E-state index is 0.0525. The molecule has 4 N–H and O–H groups in total. The number of anilines is 1. The zero-order valence-electron chi connectivity index (χ0n) is 26.8. The third-order valence-corrected chi connectivity index (χ3v) is 7.75. The first-order valence-corrected chi connectivity index (χ1v) is 14.8. The van der Waals surface area contributed by atoms with Gasteiger partial charge in [0.05, 0.1) is 22.3 Å². The summed E-state index contributed by atoms with van der Waals surface area (Å²) in [5.74, 6) is -6.79. The van der Waals surface area contributed by atoms with Gasteiger partial charge in [0.25, 0.3) is 11.8 Å². The van der Waals surface area contributed by atoms with Crippen LogP contribution in [0, 0.1) is 6.92 Å². The summed E-state index contributed by atoms with van der Waals surface area (Å²) >= 11 is 0. The number of ether oxygens (including phenoxy) is 1. The Morgan fingerprint density at radius 1 is 0.654 bits per heavy atom. The maximum Gasteiger partial charge on any atom is 0.411 e. The van der Waals surface area contributed by atoms with Gasteiger partial charge in [0, 0.05) is 18.8 Å². The van der Waals surface area contributed by atoms with E-state index in [1.165, 1.54) is 30.3 Å². The van der Waals surface area contributed by atoms with Crippen molar-refractivity contribution in [2.24, 2.45) is 0 Å². The number of carboxylic acid groups (broad SMARTS) is 2. The number of carbonyl (C=O) groups is 5. The molecule has 4 aromatic rings. The lowest BCUT2D eigenvalue weighted by Gasteiger charge is -2.38. The summed E-state index contributed by atoms with van der Waals surface area (Å²) in [7, 11) is 1.06. The molecule has 0 atom stereocenters. The number of amides is 2. The van der Waals surface area contributed by atoms with E-state index in [4.69, 9.17) is 4.74 Å². The molecule has 52 heavy (non-hydrogen) atoms. The topological polar surface area (TPSA) is 159 Å². The molecular formula is C36H26F6N2O8. The zero-order chi connectivity index (χ0) is 38.6. The highest BCUT2D eigenvalue weighted by molar-refractivity contribution is 6.11. The molecule has 0 heterocycles. The van der Waals surface area contributed by atoms with Crippen LogP contribution in [-0.2, 0) is 10.2 Å². The number of aryl methyl sites for hydroxylation is 1. The Kier molecular flexibility index (Phi) is 10.9. The minimum atomic E-state index is -6.26. The average Bonchev–Trinajstić information content (AvgIpc) is 3.07. The van der Waals surface area contributed by atoms with Crippen LogP contribution in [0.4, 0.5) is 32.0 Å². The largest absolute Gasteiger partial charge is 0.478 e. The standard InChI is InChI=1S/C36H26F6N2O8/c1-19-3-12-24(13-4-19)52-29(45)16-7-20-5-10-23(11-6-20)44-31(47)27-17-21(9-15-26(27)32(48)49)34(35(37,38)39,36(40,41)42)22-8-14-25(30(46)43-2)28(18-22)33(50)51/h3-18H,1-2H3,(H,43,46)(H,44,47)(H,48,49)(H,50,51)/b16-7+. The van der Waals surface area contributed by atoms with Crippen LogP contribution in [0.15, 0.2) is 91.0 Å². The van der Waals surface area contributed by atoms with E-state index in [0.717, 1.165) is 18.7 Å². The van der Waals surface area contributed by atoms with Gasteiger partial charge >= 0.3 is 30.3 Å². The van der Waals surface area contributed by atoms with Crippen molar-refractivity contribution >= 4 is 41.5 Å². The quantitative estimate of drug-likeness (QED) is 0.0586. The van der Waals surface area contributed by atoms with Gasteiger partial charge in [-0.2, -0.15) is 26.3 Å². The lowest BCUT2D eigenvalue weighted by atomic mass is 9.71. The van der Waals surface area contributed by atoms with Gasteiger partial charge < -0.3 is 25.6 Å². The normalized spacial score (nSPS) is 11.9. The number of hydrogen-bond donors (Lipinski definition) is 4. The van der Waals surface area contributed by atoms with Crippen molar-refractivity contribution in [3.05, 3.63) is 136 Å². The molecule has 0 saturated heterocycles. The molecular weight excluding hydrogens is 702 g/mol. The Labute approximate surface area is 290 Å². The lowest BCUT2D eigenvalue weighted by Crippen LogP contribution is -2.55. The molecule has 0 aliphatic rings. The maximum atomic E-state index is 14.9. The predicted molar refractivity (Wildman–Crippen MR) is 173 cm³/mol. The summed E-state index contributed by atoms with van der Waals surface area (Å²) in [5, 5.41) is 23.5. The molecule has 0 fully saturated rings. The van der Waals surface area contributed by atoms with E-state index in [9.17, 15) is 60.5 Å². The van der Waals surface area contributed by atoms with Gasteiger partial charge in [0.2, 0.25) is 5.41 Å². The highest BCUT2D eigenvalue weighted by atomic mass is 19.4. The van der Waals surface area contributed by atoms with E-state index >= 15 is 0 Å². The highest BCUT2D eigenvalue weighted by Crippen LogP contribution is 2.56. The van der Waals surface area contributed by atoms with Crippen molar-refractivity contribution < 1.29 is 65.3 Å². The number of carbonyl (C=O) groups excluding carboxylic acids is 3. The van der Waals surface area contributed by atoms with E-state index < -0.39 is 80.9 Å². The number of nitrogens with one attached hydrogen (secondary N) is 2. The third kappa shape index (κ3) is 7.80. The molecule has 0 bridgehead atoms. The number of hydrogen-bond acceptors (Lipinski definition) is 6. The second-order valence-electron chi connectivity index (χ2n) is 11.1. The van der Waals surface area contributed by atoms with E-state index in [1.54, 1.807) is 24.3 Å². The van der Waals surface area contributed by atoms with Gasteiger partial charge in [0.1, 0.15) is 5.75 Å². The summed E-state index contributed by atoms with van der Waals surface area (Å²) in [6.45, 7) is 1.85. The summed E-state index contributed by atoms with van der Waals surface area (Å²) in [5.41, 5.74) is -11.0. The third-order valence-electron chi connectivity index (χ3n) is 7.75. The number of benzene rings is 4. The molecule has 10 nitrogen and oxygen atoms in total. The number of esters is 1. The predicted octanol–water partition coefficient (Wildman–Crippen LogP) is 7.03. The smallest absolute Gasteiger partial charge is 0.411 e. The summed E-state index contributed by atoms with van der Waals surface area (Å²) in [6.07, 6.45) is -10.1. The number of carboxylic acids is 2. The zero-order valence-corrected chi connectivity index (χ0v) is 26.8. The van der Waals surface area contributed by atoms with E-state index in [0.29, 0.717) is 23.4 Å². The molecule has 4 rings (SSSR count). The Hall–Kier alpha value is -6.45. The number of aromatic carboxylic acids is 2. The number of rotatable bonds is 10. The fourth-order valence-corrected chi connectivity index (χ4v) is 5.22. The molecule has 4 aromatic carbocycles. The highest BCUT2D eigenvalue weighted by Gasteiger charge is 2.72. The van der Waals surface area contributed by atoms with Crippen LogP contribution in [-0.4, -0.2) is 59.3 Å². The molecule has 0 aliphatic carbocycles. The van der Waals surface area contributed by atoms with Crippen LogP contribution < -0.4 is 15.4 Å². The van der Waals surface area contributed by atoms with Gasteiger partial charge in [0.15, 0.2) is 0 Å². The van der Waals surface area contributed by atoms with Crippen molar-refractivity contribution in [1.82, 2.24) is 5.32 Å². The van der Waals surface area contributed by atoms with Crippen molar-refractivity contribution in [2.75, 3.05) is 12.4 Å². The van der Waals surface area contributed by atoms with Crippen molar-refractivity contribution in [3.63, 3.8) is 0 Å². The second kappa shape index (κ2) is 14.8. The Balaban J connectivity index is 1.74. The van der Waals surface area contributed by atoms with Crippen LogP contribution in [0.3, 0.4) is 0 Å². The Morgan fingerprint density at radius 2 is 1.17 bits per heavy atom. The fourth-order valence-electron chi connectivity index (χ4n) is 5.22. The van der Waals surface area contributed by atoms with Gasteiger partial charge in [-0.05, 0) is 78.2 Å². The second-order valence-corrected chi connectivity index (χ2v) is 11.1. The van der Waals surface area contributed by atoms with Gasteiger partial charge in [-0.25, -0.2) is 14.4 Å². The van der Waals surface area contributed by atoms with Crippen LogP contribution >= 0.6 is 0 Å². The monoisotopic (exact) mass is 728 g/mol. The molecule has 16 heteroatoms. The van der Waals surface area contributed by atoms with Crippen LogP contribution in [0.2, 0.25) is 0 Å². The molecule has 0 aliphatic heterocycles. The molecule has 0 aromatic heterocycles. The molecule has 270 valence electrons. The summed E-state index contributed by atoms with van der Waals surface area (Å²) in [6, 6.07) is 13.5. The van der Waals surface area contributed by atoms with Gasteiger partial charge in [-0.1, -0.05) is 42.0 Å².